The lowest BCUT2D eigenvalue weighted by Gasteiger charge is -2.00. The van der Waals surface area contributed by atoms with Gasteiger partial charge in [0.1, 0.15) is 0 Å². The Bertz CT molecular complexity index is 250. The summed E-state index contributed by atoms with van der Waals surface area (Å²) in [6.07, 6.45) is 4.24. The van der Waals surface area contributed by atoms with Gasteiger partial charge in [0, 0.05) is 31.3 Å². The number of nitrogens with one attached hydrogen (secondary N) is 1. The number of rotatable bonds is 7. The molecule has 0 fully saturated rings. The van der Waals surface area contributed by atoms with Gasteiger partial charge in [-0.2, -0.15) is 0 Å². The summed E-state index contributed by atoms with van der Waals surface area (Å²) >= 11 is 1.80. The number of hydrogen-bond acceptors (Lipinski definition) is 4. The third-order valence-electron chi connectivity index (χ3n) is 1.85. The summed E-state index contributed by atoms with van der Waals surface area (Å²) in [4.78, 5) is 5.66. The van der Waals surface area contributed by atoms with Crippen LogP contribution in [0.3, 0.4) is 0 Å². The molecule has 0 bridgehead atoms. The summed E-state index contributed by atoms with van der Waals surface area (Å²) in [5, 5.41) is 4.55. The number of nitrogens with zero attached hydrogens (tertiary/aromatic N) is 1. The summed E-state index contributed by atoms with van der Waals surface area (Å²) < 4.78 is 4.95. The van der Waals surface area contributed by atoms with Crippen LogP contribution < -0.4 is 5.32 Å². The summed E-state index contributed by atoms with van der Waals surface area (Å²) in [6.45, 7) is 4.75. The topological polar surface area (TPSA) is 34.2 Å². The Morgan fingerprint density at radius 2 is 2.43 bits per heavy atom. The molecule has 0 radical (unpaired) electrons. The quantitative estimate of drug-likeness (QED) is 0.703. The zero-order valence-electron chi connectivity index (χ0n) is 8.88. The molecule has 0 aliphatic heterocycles. The minimum Gasteiger partial charge on any atom is -0.383 e. The largest absolute Gasteiger partial charge is 0.383 e. The predicted molar refractivity (Wildman–Crippen MR) is 59.7 cm³/mol. The maximum Gasteiger partial charge on any atom is 0.0928 e. The fraction of sp³-hybridized carbons (Fsp3) is 0.700. The second-order valence-electron chi connectivity index (χ2n) is 3.14. The molecule has 3 nitrogen and oxygen atoms in total. The fourth-order valence-corrected chi connectivity index (χ4v) is 2.14. The highest BCUT2D eigenvalue weighted by Crippen LogP contribution is 2.13. The van der Waals surface area contributed by atoms with Crippen molar-refractivity contribution >= 4 is 11.3 Å². The normalized spacial score (nSPS) is 10.7. The SMILES string of the molecule is CCCc1ncc(CNCCOC)s1. The lowest BCUT2D eigenvalue weighted by atomic mass is 10.4. The number of aromatic nitrogens is 1. The van der Waals surface area contributed by atoms with Crippen molar-refractivity contribution in [2.24, 2.45) is 0 Å². The third-order valence-corrected chi connectivity index (χ3v) is 2.90. The molecule has 0 aliphatic carbocycles. The smallest absolute Gasteiger partial charge is 0.0928 e. The van der Waals surface area contributed by atoms with E-state index in [1.807, 2.05) is 6.20 Å². The summed E-state index contributed by atoms with van der Waals surface area (Å²) in [7, 11) is 1.72. The Kier molecular flexibility index (Phi) is 5.75. The van der Waals surface area contributed by atoms with Crippen LogP contribution in [0.25, 0.3) is 0 Å². The predicted octanol–water partition coefficient (Wildman–Crippen LogP) is 1.83. The van der Waals surface area contributed by atoms with Gasteiger partial charge in [-0.15, -0.1) is 11.3 Å². The van der Waals surface area contributed by atoms with Gasteiger partial charge in [-0.3, -0.25) is 0 Å². The number of hydrogen-bond donors (Lipinski definition) is 1. The molecule has 1 aromatic rings. The standard InChI is InChI=1S/C10H18N2OS/c1-3-4-10-12-8-9(14-10)7-11-5-6-13-2/h8,11H,3-7H2,1-2H3. The first kappa shape index (κ1) is 11.6. The number of aryl methyl sites for hydroxylation is 1. The zero-order valence-corrected chi connectivity index (χ0v) is 9.69. The van der Waals surface area contributed by atoms with Crippen LogP contribution in [0.5, 0.6) is 0 Å². The monoisotopic (exact) mass is 214 g/mol. The highest BCUT2D eigenvalue weighted by atomic mass is 32.1. The molecular weight excluding hydrogens is 196 g/mol. The van der Waals surface area contributed by atoms with Crippen molar-refractivity contribution < 1.29 is 4.74 Å². The Labute approximate surface area is 89.5 Å². The summed E-state index contributed by atoms with van der Waals surface area (Å²) in [5.41, 5.74) is 0. The van der Waals surface area contributed by atoms with E-state index in [1.165, 1.54) is 16.3 Å². The van der Waals surface area contributed by atoms with Crippen LogP contribution >= 0.6 is 11.3 Å². The molecule has 0 unspecified atom stereocenters. The van der Waals surface area contributed by atoms with Crippen molar-refractivity contribution in [2.45, 2.75) is 26.3 Å². The average molecular weight is 214 g/mol. The van der Waals surface area contributed by atoms with Gasteiger partial charge in [-0.05, 0) is 12.8 Å². The summed E-state index contributed by atoms with van der Waals surface area (Å²) in [5.74, 6) is 0. The number of methoxy groups -OCH3 is 1. The van der Waals surface area contributed by atoms with Gasteiger partial charge in [0.2, 0.25) is 0 Å². The molecule has 0 saturated heterocycles. The molecule has 0 amide bonds. The third kappa shape index (κ3) is 4.17. The first-order valence-corrected chi connectivity index (χ1v) is 5.81. The Hall–Kier alpha value is -0.450. The Morgan fingerprint density at radius 3 is 3.14 bits per heavy atom. The molecule has 0 aliphatic rings. The van der Waals surface area contributed by atoms with E-state index in [1.54, 1.807) is 18.4 Å². The lowest BCUT2D eigenvalue weighted by molar-refractivity contribution is 0.199. The number of ether oxygens (including phenoxy) is 1. The second kappa shape index (κ2) is 6.92. The van der Waals surface area contributed by atoms with E-state index in [0.717, 1.165) is 26.1 Å². The average Bonchev–Trinajstić information content (AvgIpc) is 2.61. The van der Waals surface area contributed by atoms with Crippen molar-refractivity contribution in [3.8, 4) is 0 Å². The molecule has 80 valence electrons. The van der Waals surface area contributed by atoms with Gasteiger partial charge in [-0.25, -0.2) is 4.98 Å². The second-order valence-corrected chi connectivity index (χ2v) is 4.34. The molecule has 0 aromatic carbocycles. The van der Waals surface area contributed by atoms with Gasteiger partial charge < -0.3 is 10.1 Å². The van der Waals surface area contributed by atoms with E-state index >= 15 is 0 Å². The van der Waals surface area contributed by atoms with Crippen LogP contribution in [0.15, 0.2) is 6.20 Å². The van der Waals surface area contributed by atoms with Gasteiger partial charge in [0.25, 0.3) is 0 Å². The molecular formula is C10H18N2OS. The Balaban J connectivity index is 2.22. The van der Waals surface area contributed by atoms with E-state index in [-0.39, 0.29) is 0 Å². The molecule has 4 heteroatoms. The van der Waals surface area contributed by atoms with Crippen LogP contribution in [-0.4, -0.2) is 25.2 Å². The van der Waals surface area contributed by atoms with Crippen molar-refractivity contribution in [3.05, 3.63) is 16.1 Å². The van der Waals surface area contributed by atoms with Crippen LogP contribution in [0.4, 0.5) is 0 Å². The Morgan fingerprint density at radius 1 is 1.57 bits per heavy atom. The minimum atomic E-state index is 0.765. The molecule has 1 rings (SSSR count). The highest BCUT2D eigenvalue weighted by molar-refractivity contribution is 7.11. The van der Waals surface area contributed by atoms with Crippen LogP contribution in [0, 0.1) is 0 Å². The maximum atomic E-state index is 4.95. The van der Waals surface area contributed by atoms with Gasteiger partial charge in [0.15, 0.2) is 0 Å². The van der Waals surface area contributed by atoms with Crippen LogP contribution in [0.1, 0.15) is 23.2 Å². The number of thiazole rings is 1. The molecule has 1 aromatic heterocycles. The zero-order chi connectivity index (χ0) is 10.2. The molecule has 0 spiro atoms. The van der Waals surface area contributed by atoms with E-state index in [2.05, 4.69) is 17.2 Å². The van der Waals surface area contributed by atoms with E-state index in [9.17, 15) is 0 Å². The molecule has 14 heavy (non-hydrogen) atoms. The van der Waals surface area contributed by atoms with Crippen molar-refractivity contribution in [1.82, 2.24) is 10.3 Å². The maximum absolute atomic E-state index is 4.95. The van der Waals surface area contributed by atoms with E-state index in [0.29, 0.717) is 0 Å². The van der Waals surface area contributed by atoms with Crippen molar-refractivity contribution in [1.29, 1.82) is 0 Å². The molecule has 0 atom stereocenters. The minimum absolute atomic E-state index is 0.765. The summed E-state index contributed by atoms with van der Waals surface area (Å²) in [6, 6.07) is 0. The lowest BCUT2D eigenvalue weighted by Crippen LogP contribution is -2.17. The molecule has 0 saturated carbocycles. The van der Waals surface area contributed by atoms with E-state index in [4.69, 9.17) is 4.74 Å². The van der Waals surface area contributed by atoms with Crippen LogP contribution in [-0.2, 0) is 17.7 Å². The van der Waals surface area contributed by atoms with Gasteiger partial charge >= 0.3 is 0 Å². The van der Waals surface area contributed by atoms with Gasteiger partial charge in [0.05, 0.1) is 11.6 Å². The molecule has 1 heterocycles. The molecule has 1 N–H and O–H groups in total. The highest BCUT2D eigenvalue weighted by Gasteiger charge is 1.99. The first-order valence-electron chi connectivity index (χ1n) is 5.00. The van der Waals surface area contributed by atoms with Crippen LogP contribution in [0.2, 0.25) is 0 Å². The van der Waals surface area contributed by atoms with E-state index < -0.39 is 0 Å². The van der Waals surface area contributed by atoms with Crippen molar-refractivity contribution in [2.75, 3.05) is 20.3 Å². The first-order chi connectivity index (χ1) is 6.86. The fourth-order valence-electron chi connectivity index (χ4n) is 1.15. The van der Waals surface area contributed by atoms with Gasteiger partial charge in [-0.1, -0.05) is 6.92 Å². The van der Waals surface area contributed by atoms with Crippen molar-refractivity contribution in [3.63, 3.8) is 0 Å².